The summed E-state index contributed by atoms with van der Waals surface area (Å²) in [7, 11) is 0. The van der Waals surface area contributed by atoms with E-state index in [0.717, 1.165) is 36.4 Å². The molecule has 1 amide bonds. The van der Waals surface area contributed by atoms with Gasteiger partial charge in [0.15, 0.2) is 0 Å². The highest BCUT2D eigenvalue weighted by atomic mass is 32.1. The Balaban J connectivity index is 2.21. The van der Waals surface area contributed by atoms with E-state index >= 15 is 0 Å². The van der Waals surface area contributed by atoms with Gasteiger partial charge in [-0.15, -0.1) is 11.3 Å². The number of nitrogens with one attached hydrogen (secondary N) is 1. The molecule has 0 unspecified atom stereocenters. The molecule has 1 saturated carbocycles. The molecule has 1 fully saturated rings. The predicted molar refractivity (Wildman–Crippen MR) is 86.3 cm³/mol. The molecule has 1 aromatic rings. The Morgan fingerprint density at radius 2 is 1.90 bits per heavy atom. The molecule has 20 heavy (non-hydrogen) atoms. The van der Waals surface area contributed by atoms with E-state index in [9.17, 15) is 4.79 Å². The molecule has 2 rings (SSSR count). The Morgan fingerprint density at radius 3 is 2.35 bits per heavy atom. The van der Waals surface area contributed by atoms with Crippen molar-refractivity contribution < 1.29 is 4.79 Å². The van der Waals surface area contributed by atoms with Crippen molar-refractivity contribution >= 4 is 34.5 Å². The molecule has 0 aromatic carbocycles. The number of thiazole rings is 1. The van der Waals surface area contributed by atoms with Gasteiger partial charge in [-0.3, -0.25) is 4.79 Å². The Bertz CT molecular complexity index is 516. The molecule has 4 nitrogen and oxygen atoms in total. The van der Waals surface area contributed by atoms with Crippen molar-refractivity contribution in [1.82, 2.24) is 10.3 Å². The first-order valence-corrected chi connectivity index (χ1v) is 8.23. The molecule has 0 aliphatic heterocycles. The standard InChI is InChI=1S/C14H21N3OS2/c1-9-11(20-10(2)16-9)12(18)17-14(13(15)19)7-5-3-4-6-8-14/h3-8H2,1-2H3,(H2,15,19)(H,17,18). The van der Waals surface area contributed by atoms with Crippen LogP contribution in [0.5, 0.6) is 0 Å². The largest absolute Gasteiger partial charge is 0.391 e. The van der Waals surface area contributed by atoms with Gasteiger partial charge in [0.05, 0.1) is 21.2 Å². The van der Waals surface area contributed by atoms with Crippen LogP contribution in [0.4, 0.5) is 0 Å². The molecule has 110 valence electrons. The van der Waals surface area contributed by atoms with Crippen LogP contribution in [-0.4, -0.2) is 21.4 Å². The number of thiocarbonyl (C=S) groups is 1. The van der Waals surface area contributed by atoms with Gasteiger partial charge in [-0.1, -0.05) is 37.9 Å². The fourth-order valence-electron chi connectivity index (χ4n) is 2.78. The van der Waals surface area contributed by atoms with Crippen LogP contribution in [0.25, 0.3) is 0 Å². The van der Waals surface area contributed by atoms with Crippen molar-refractivity contribution in [3.05, 3.63) is 15.6 Å². The van der Waals surface area contributed by atoms with Crippen LogP contribution < -0.4 is 11.1 Å². The maximum Gasteiger partial charge on any atom is 0.264 e. The molecular formula is C14H21N3OS2. The Morgan fingerprint density at radius 1 is 1.30 bits per heavy atom. The third kappa shape index (κ3) is 3.17. The average molecular weight is 311 g/mol. The van der Waals surface area contributed by atoms with Gasteiger partial charge in [0.1, 0.15) is 4.88 Å². The van der Waals surface area contributed by atoms with Gasteiger partial charge in [-0.05, 0) is 26.7 Å². The van der Waals surface area contributed by atoms with Crippen LogP contribution in [0.3, 0.4) is 0 Å². The first-order valence-electron chi connectivity index (χ1n) is 7.01. The molecule has 6 heteroatoms. The van der Waals surface area contributed by atoms with E-state index < -0.39 is 5.54 Å². The topological polar surface area (TPSA) is 68.0 Å². The maximum atomic E-state index is 12.5. The molecule has 1 aromatic heterocycles. The minimum atomic E-state index is -0.521. The van der Waals surface area contributed by atoms with Gasteiger partial charge in [0, 0.05) is 0 Å². The molecule has 1 aliphatic rings. The quantitative estimate of drug-likeness (QED) is 0.665. The molecule has 1 aliphatic carbocycles. The lowest BCUT2D eigenvalue weighted by Gasteiger charge is -2.32. The van der Waals surface area contributed by atoms with Gasteiger partial charge in [-0.2, -0.15) is 0 Å². The van der Waals surface area contributed by atoms with Crippen LogP contribution in [-0.2, 0) is 0 Å². The van der Waals surface area contributed by atoms with E-state index in [1.165, 1.54) is 24.2 Å². The van der Waals surface area contributed by atoms with Crippen LogP contribution in [0.2, 0.25) is 0 Å². The van der Waals surface area contributed by atoms with Crippen LogP contribution in [0.15, 0.2) is 0 Å². The van der Waals surface area contributed by atoms with Crippen molar-refractivity contribution in [1.29, 1.82) is 0 Å². The highest BCUT2D eigenvalue weighted by Gasteiger charge is 2.36. The lowest BCUT2D eigenvalue weighted by Crippen LogP contribution is -2.56. The van der Waals surface area contributed by atoms with Crippen molar-refractivity contribution in [2.75, 3.05) is 0 Å². The first kappa shape index (κ1) is 15.4. The number of nitrogens with two attached hydrogens (primary N) is 1. The van der Waals surface area contributed by atoms with Gasteiger partial charge in [-0.25, -0.2) is 4.98 Å². The summed E-state index contributed by atoms with van der Waals surface area (Å²) >= 11 is 6.66. The monoisotopic (exact) mass is 311 g/mol. The third-order valence-corrected chi connectivity index (χ3v) is 5.35. The predicted octanol–water partition coefficient (Wildman–Crippen LogP) is 2.87. The minimum Gasteiger partial charge on any atom is -0.391 e. The molecule has 3 N–H and O–H groups in total. The number of amides is 1. The zero-order valence-corrected chi connectivity index (χ0v) is 13.6. The number of aromatic nitrogens is 1. The average Bonchev–Trinajstić information content (AvgIpc) is 2.60. The second kappa shape index (κ2) is 6.18. The maximum absolute atomic E-state index is 12.5. The number of hydrogen-bond donors (Lipinski definition) is 2. The summed E-state index contributed by atoms with van der Waals surface area (Å²) in [6.45, 7) is 3.77. The number of rotatable bonds is 3. The van der Waals surface area contributed by atoms with Crippen LogP contribution >= 0.6 is 23.6 Å². The SMILES string of the molecule is Cc1nc(C)c(C(=O)NC2(C(N)=S)CCCCCC2)s1. The number of nitrogens with zero attached hydrogens (tertiary/aromatic N) is 1. The van der Waals surface area contributed by atoms with Gasteiger partial charge in [0.2, 0.25) is 0 Å². The second-order valence-electron chi connectivity index (χ2n) is 5.46. The van der Waals surface area contributed by atoms with Crippen LogP contribution in [0, 0.1) is 13.8 Å². The van der Waals surface area contributed by atoms with E-state index in [0.29, 0.717) is 9.87 Å². The van der Waals surface area contributed by atoms with Crippen molar-refractivity contribution in [2.24, 2.45) is 5.73 Å². The van der Waals surface area contributed by atoms with Crippen molar-refractivity contribution in [3.8, 4) is 0 Å². The Hall–Kier alpha value is -1.01. The van der Waals surface area contributed by atoms with Gasteiger partial charge < -0.3 is 11.1 Å². The first-order chi connectivity index (χ1) is 9.44. The smallest absolute Gasteiger partial charge is 0.264 e. The third-order valence-electron chi connectivity index (χ3n) is 3.89. The number of carbonyl (C=O) groups is 1. The van der Waals surface area contributed by atoms with E-state index in [2.05, 4.69) is 10.3 Å². The minimum absolute atomic E-state index is 0.0946. The normalized spacial score (nSPS) is 18.3. The van der Waals surface area contributed by atoms with E-state index in [4.69, 9.17) is 18.0 Å². The second-order valence-corrected chi connectivity index (χ2v) is 7.11. The summed E-state index contributed by atoms with van der Waals surface area (Å²) < 4.78 is 0. The van der Waals surface area contributed by atoms with E-state index in [1.54, 1.807) is 0 Å². The van der Waals surface area contributed by atoms with E-state index in [-0.39, 0.29) is 5.91 Å². The summed E-state index contributed by atoms with van der Waals surface area (Å²) in [4.78, 5) is 17.9. The van der Waals surface area contributed by atoms with Crippen LogP contribution in [0.1, 0.15) is 58.9 Å². The molecule has 0 saturated heterocycles. The lowest BCUT2D eigenvalue weighted by molar-refractivity contribution is 0.0921. The molecule has 0 spiro atoms. The summed E-state index contributed by atoms with van der Waals surface area (Å²) in [5.74, 6) is -0.0946. The number of aryl methyl sites for hydroxylation is 2. The summed E-state index contributed by atoms with van der Waals surface area (Å²) in [6.07, 6.45) is 6.14. The number of carbonyl (C=O) groups excluding carboxylic acids is 1. The fourth-order valence-corrected chi connectivity index (χ4v) is 3.85. The van der Waals surface area contributed by atoms with Crippen molar-refractivity contribution in [3.63, 3.8) is 0 Å². The molecule has 0 bridgehead atoms. The molecule has 0 radical (unpaired) electrons. The zero-order chi connectivity index (χ0) is 14.8. The van der Waals surface area contributed by atoms with Crippen molar-refractivity contribution in [2.45, 2.75) is 57.9 Å². The number of hydrogen-bond acceptors (Lipinski definition) is 4. The highest BCUT2D eigenvalue weighted by molar-refractivity contribution is 7.80. The molecular weight excluding hydrogens is 290 g/mol. The molecule has 0 atom stereocenters. The van der Waals surface area contributed by atoms with Gasteiger partial charge >= 0.3 is 0 Å². The Kier molecular flexibility index (Phi) is 4.75. The van der Waals surface area contributed by atoms with Gasteiger partial charge in [0.25, 0.3) is 5.91 Å². The zero-order valence-electron chi connectivity index (χ0n) is 12.0. The fraction of sp³-hybridized carbons (Fsp3) is 0.643. The highest BCUT2D eigenvalue weighted by Crippen LogP contribution is 2.29. The molecule has 1 heterocycles. The van der Waals surface area contributed by atoms with E-state index in [1.807, 2.05) is 13.8 Å². The Labute approximate surface area is 129 Å². The summed E-state index contributed by atoms with van der Waals surface area (Å²) in [5, 5.41) is 4.01. The summed E-state index contributed by atoms with van der Waals surface area (Å²) in [6, 6.07) is 0. The summed E-state index contributed by atoms with van der Waals surface area (Å²) in [5.41, 5.74) is 6.20. The lowest BCUT2D eigenvalue weighted by atomic mass is 9.90.